The van der Waals surface area contributed by atoms with E-state index < -0.39 is 17.5 Å². The van der Waals surface area contributed by atoms with Crippen molar-refractivity contribution >= 4 is 11.5 Å². The van der Waals surface area contributed by atoms with Gasteiger partial charge in [-0.1, -0.05) is 12.1 Å². The van der Waals surface area contributed by atoms with Gasteiger partial charge < -0.3 is 14.8 Å². The molecule has 26 heavy (non-hydrogen) atoms. The number of halogens is 3. The minimum absolute atomic E-state index is 0.0120. The van der Waals surface area contributed by atoms with E-state index in [2.05, 4.69) is 5.32 Å². The van der Waals surface area contributed by atoms with Crippen molar-refractivity contribution in [2.24, 2.45) is 0 Å². The highest BCUT2D eigenvalue weighted by Gasteiger charge is 2.31. The molecule has 4 nitrogen and oxygen atoms in total. The Hall–Kier alpha value is -2.96. The predicted molar refractivity (Wildman–Crippen MR) is 88.0 cm³/mol. The maximum atomic E-state index is 12.8. The average Bonchev–Trinajstić information content (AvgIpc) is 3.07. The summed E-state index contributed by atoms with van der Waals surface area (Å²) >= 11 is 0. The number of nitrogens with one attached hydrogen (secondary N) is 1. The van der Waals surface area contributed by atoms with E-state index in [-0.39, 0.29) is 12.4 Å². The van der Waals surface area contributed by atoms with Crippen LogP contribution in [0.4, 0.5) is 13.2 Å². The fraction of sp³-hybridized carbons (Fsp3) is 0.211. The highest BCUT2D eigenvalue weighted by atomic mass is 19.4. The van der Waals surface area contributed by atoms with E-state index in [9.17, 15) is 18.0 Å². The molecule has 0 aromatic heterocycles. The van der Waals surface area contributed by atoms with E-state index in [1.165, 1.54) is 18.2 Å². The number of hydrogen-bond donors (Lipinski definition) is 1. The van der Waals surface area contributed by atoms with E-state index in [0.717, 1.165) is 29.7 Å². The first-order valence-electron chi connectivity index (χ1n) is 8.02. The molecular formula is C19H14F3NO3. The summed E-state index contributed by atoms with van der Waals surface area (Å²) in [6, 6.07) is 8.07. The molecule has 7 heteroatoms. The van der Waals surface area contributed by atoms with Gasteiger partial charge in [0.25, 0.3) is 0 Å². The summed E-state index contributed by atoms with van der Waals surface area (Å²) in [5, 5.41) is 3.13. The standard InChI is InChI=1S/C19H14F3NO3/c20-19(21,22)13-3-1-2-12(6-13)16(24)9-15-14-8-18-17(25-10-26-18)7-11(14)4-5-23-15/h1-3,6-9,23H,4-5,10H2. The summed E-state index contributed by atoms with van der Waals surface area (Å²) in [7, 11) is 0. The first-order valence-corrected chi connectivity index (χ1v) is 8.02. The maximum absolute atomic E-state index is 12.8. The van der Waals surface area contributed by atoms with Gasteiger partial charge >= 0.3 is 6.18 Å². The lowest BCUT2D eigenvalue weighted by atomic mass is 9.95. The number of hydrogen-bond acceptors (Lipinski definition) is 4. The van der Waals surface area contributed by atoms with Crippen LogP contribution in [0.25, 0.3) is 5.70 Å². The van der Waals surface area contributed by atoms with Crippen LogP contribution >= 0.6 is 0 Å². The van der Waals surface area contributed by atoms with Crippen LogP contribution < -0.4 is 14.8 Å². The normalized spacial score (nSPS) is 17.0. The summed E-state index contributed by atoms with van der Waals surface area (Å²) in [5.74, 6) is 0.753. The van der Waals surface area contributed by atoms with Crippen LogP contribution in [0.1, 0.15) is 27.0 Å². The summed E-state index contributed by atoms with van der Waals surface area (Å²) < 4.78 is 49.3. The number of rotatable bonds is 2. The Morgan fingerprint density at radius 2 is 1.88 bits per heavy atom. The van der Waals surface area contributed by atoms with Gasteiger partial charge in [0.15, 0.2) is 17.3 Å². The summed E-state index contributed by atoms with van der Waals surface area (Å²) in [5.41, 5.74) is 1.49. The first kappa shape index (κ1) is 16.5. The second-order valence-corrected chi connectivity index (χ2v) is 6.04. The Bertz CT molecular complexity index is 919. The molecule has 0 spiro atoms. The van der Waals surface area contributed by atoms with Crippen molar-refractivity contribution in [3.05, 3.63) is 64.7 Å². The number of alkyl halides is 3. The number of allylic oxidation sites excluding steroid dienone is 1. The molecule has 2 aliphatic rings. The van der Waals surface area contributed by atoms with Crippen molar-refractivity contribution in [2.45, 2.75) is 12.6 Å². The van der Waals surface area contributed by atoms with Crippen molar-refractivity contribution in [2.75, 3.05) is 13.3 Å². The van der Waals surface area contributed by atoms with Crippen LogP contribution in [0.2, 0.25) is 0 Å². The third-order valence-electron chi connectivity index (χ3n) is 4.35. The zero-order valence-corrected chi connectivity index (χ0v) is 13.5. The quantitative estimate of drug-likeness (QED) is 0.653. The van der Waals surface area contributed by atoms with Crippen molar-refractivity contribution in [3.63, 3.8) is 0 Å². The molecule has 0 atom stereocenters. The van der Waals surface area contributed by atoms with Crippen LogP contribution in [-0.4, -0.2) is 19.1 Å². The second kappa shape index (κ2) is 6.09. The number of carbonyl (C=O) groups excluding carboxylic acids is 1. The van der Waals surface area contributed by atoms with Gasteiger partial charge in [-0.15, -0.1) is 0 Å². The van der Waals surface area contributed by atoms with Gasteiger partial charge in [0.1, 0.15) is 0 Å². The summed E-state index contributed by atoms with van der Waals surface area (Å²) in [4.78, 5) is 12.5. The van der Waals surface area contributed by atoms with Gasteiger partial charge in [-0.25, -0.2) is 0 Å². The van der Waals surface area contributed by atoms with E-state index in [0.29, 0.717) is 23.7 Å². The third-order valence-corrected chi connectivity index (χ3v) is 4.35. The molecule has 0 saturated heterocycles. The lowest BCUT2D eigenvalue weighted by molar-refractivity contribution is -0.137. The molecule has 0 bridgehead atoms. The molecule has 0 unspecified atom stereocenters. The van der Waals surface area contributed by atoms with E-state index >= 15 is 0 Å². The zero-order chi connectivity index (χ0) is 18.3. The third kappa shape index (κ3) is 3.00. The topological polar surface area (TPSA) is 47.6 Å². The van der Waals surface area contributed by atoms with Crippen LogP contribution in [0.3, 0.4) is 0 Å². The molecule has 2 aromatic carbocycles. The zero-order valence-electron chi connectivity index (χ0n) is 13.5. The second-order valence-electron chi connectivity index (χ2n) is 6.04. The van der Waals surface area contributed by atoms with Crippen LogP contribution in [0, 0.1) is 0 Å². The number of ketones is 1. The van der Waals surface area contributed by atoms with E-state index in [1.54, 1.807) is 6.07 Å². The maximum Gasteiger partial charge on any atom is 0.416 e. The van der Waals surface area contributed by atoms with Gasteiger partial charge in [-0.2, -0.15) is 13.2 Å². The highest BCUT2D eigenvalue weighted by Crippen LogP contribution is 2.38. The van der Waals surface area contributed by atoms with Gasteiger partial charge in [-0.3, -0.25) is 4.79 Å². The fourth-order valence-electron chi connectivity index (χ4n) is 3.06. The molecule has 0 aliphatic carbocycles. The highest BCUT2D eigenvalue weighted by molar-refractivity contribution is 6.08. The molecule has 0 radical (unpaired) electrons. The number of benzene rings is 2. The van der Waals surface area contributed by atoms with E-state index in [4.69, 9.17) is 9.47 Å². The first-order chi connectivity index (χ1) is 12.4. The Kier molecular flexibility index (Phi) is 3.86. The molecule has 1 N–H and O–H groups in total. The SMILES string of the molecule is O=C(C=C1NCCc2cc3c(cc21)OCO3)c1cccc(C(F)(F)F)c1. The Labute approximate surface area is 147 Å². The monoisotopic (exact) mass is 361 g/mol. The molecule has 4 rings (SSSR count). The van der Waals surface area contributed by atoms with Crippen molar-refractivity contribution in [3.8, 4) is 11.5 Å². The number of ether oxygens (including phenoxy) is 2. The predicted octanol–water partition coefficient (Wildman–Crippen LogP) is 3.80. The molecule has 134 valence electrons. The Morgan fingerprint density at radius 1 is 1.12 bits per heavy atom. The average molecular weight is 361 g/mol. The van der Waals surface area contributed by atoms with Crippen molar-refractivity contribution in [1.82, 2.24) is 5.32 Å². The molecular weight excluding hydrogens is 347 g/mol. The van der Waals surface area contributed by atoms with Crippen molar-refractivity contribution in [1.29, 1.82) is 0 Å². The molecule has 2 heterocycles. The van der Waals surface area contributed by atoms with Gasteiger partial charge in [-0.05, 0) is 36.2 Å². The fourth-order valence-corrected chi connectivity index (χ4v) is 3.06. The minimum atomic E-state index is -4.49. The molecule has 0 fully saturated rings. The van der Waals surface area contributed by atoms with Crippen LogP contribution in [0.5, 0.6) is 11.5 Å². The van der Waals surface area contributed by atoms with Gasteiger partial charge in [0, 0.05) is 29.4 Å². The number of fused-ring (bicyclic) bond motifs is 2. The largest absolute Gasteiger partial charge is 0.454 e. The molecule has 2 aromatic rings. The molecule has 0 saturated carbocycles. The van der Waals surface area contributed by atoms with E-state index in [1.807, 2.05) is 6.07 Å². The molecule has 2 aliphatic heterocycles. The Morgan fingerprint density at radius 3 is 2.65 bits per heavy atom. The lowest BCUT2D eigenvalue weighted by Gasteiger charge is -2.21. The number of carbonyl (C=O) groups is 1. The van der Waals surface area contributed by atoms with Crippen molar-refractivity contribution < 1.29 is 27.4 Å². The lowest BCUT2D eigenvalue weighted by Crippen LogP contribution is -2.23. The van der Waals surface area contributed by atoms with Gasteiger partial charge in [0.05, 0.1) is 5.56 Å². The summed E-state index contributed by atoms with van der Waals surface area (Å²) in [6.45, 7) is 0.766. The minimum Gasteiger partial charge on any atom is -0.454 e. The Balaban J connectivity index is 1.69. The summed E-state index contributed by atoms with van der Waals surface area (Å²) in [6.07, 6.45) is -2.41. The van der Waals surface area contributed by atoms with Gasteiger partial charge in [0.2, 0.25) is 6.79 Å². The van der Waals surface area contributed by atoms with Crippen LogP contribution in [-0.2, 0) is 12.6 Å². The molecule has 0 amide bonds. The smallest absolute Gasteiger partial charge is 0.416 e. The van der Waals surface area contributed by atoms with Crippen LogP contribution in [0.15, 0.2) is 42.5 Å².